The summed E-state index contributed by atoms with van der Waals surface area (Å²) in [6, 6.07) is 13.5. The number of nitrogens with zero attached hydrogens (tertiary/aromatic N) is 3. The van der Waals surface area contributed by atoms with Gasteiger partial charge in [0.05, 0.1) is 15.9 Å². The van der Waals surface area contributed by atoms with Crippen LogP contribution in [-0.4, -0.2) is 40.9 Å². The average molecular weight is 443 g/mol. The number of amides is 1. The van der Waals surface area contributed by atoms with Crippen LogP contribution in [0.15, 0.2) is 58.2 Å². The maximum Gasteiger partial charge on any atom is 0.329 e. The first kappa shape index (κ1) is 21.3. The van der Waals surface area contributed by atoms with Crippen LogP contribution in [0.2, 0.25) is 0 Å². The minimum absolute atomic E-state index is 0.162. The van der Waals surface area contributed by atoms with Gasteiger partial charge in [0, 0.05) is 25.8 Å². The van der Waals surface area contributed by atoms with Crippen LogP contribution < -0.4 is 11.0 Å². The molecule has 0 saturated carbocycles. The lowest BCUT2D eigenvalue weighted by Crippen LogP contribution is -2.32. The van der Waals surface area contributed by atoms with Crippen molar-refractivity contribution in [1.82, 2.24) is 13.4 Å². The lowest BCUT2D eigenvalue weighted by Gasteiger charge is -2.20. The fourth-order valence-electron chi connectivity index (χ4n) is 4.03. The third-order valence-corrected chi connectivity index (χ3v) is 7.57. The Morgan fingerprint density at radius 1 is 0.968 bits per heavy atom. The number of nitrogens with one attached hydrogen (secondary N) is 1. The van der Waals surface area contributed by atoms with E-state index < -0.39 is 15.9 Å². The summed E-state index contributed by atoms with van der Waals surface area (Å²) in [5, 5.41) is 2.73. The lowest BCUT2D eigenvalue weighted by atomic mass is 10.2. The molecule has 2 heterocycles. The molecular weight excluding hydrogens is 416 g/mol. The van der Waals surface area contributed by atoms with E-state index in [2.05, 4.69) is 5.32 Å². The van der Waals surface area contributed by atoms with Crippen molar-refractivity contribution in [2.45, 2.75) is 37.1 Å². The molecule has 0 aliphatic carbocycles. The predicted octanol–water partition coefficient (Wildman–Crippen LogP) is 2.54. The Bertz CT molecular complexity index is 1270. The van der Waals surface area contributed by atoms with Gasteiger partial charge in [0.1, 0.15) is 6.54 Å². The first-order valence-electron chi connectivity index (χ1n) is 10.4. The summed E-state index contributed by atoms with van der Waals surface area (Å²) in [6.45, 7) is 0.870. The van der Waals surface area contributed by atoms with Gasteiger partial charge in [-0.15, -0.1) is 0 Å². The maximum absolute atomic E-state index is 13.0. The Morgan fingerprint density at radius 3 is 2.35 bits per heavy atom. The largest absolute Gasteiger partial charge is 0.329 e. The molecule has 1 aromatic heterocycles. The second kappa shape index (κ2) is 8.68. The number of fused-ring (bicyclic) bond motifs is 1. The standard InChI is InChI=1S/C22H26N4O4S/c1-24-19-11-4-5-12-20(19)26(22(24)28)16-21(27)23-17-9-8-10-18(15-17)31(29,30)25-13-6-2-3-7-14-25/h4-5,8-12,15H,2-3,6-7,13-14,16H2,1H3,(H,23,27). The van der Waals surface area contributed by atoms with E-state index in [0.717, 1.165) is 31.2 Å². The van der Waals surface area contributed by atoms with Gasteiger partial charge in [0.15, 0.2) is 0 Å². The van der Waals surface area contributed by atoms with Crippen LogP contribution in [0.3, 0.4) is 0 Å². The molecule has 9 heteroatoms. The van der Waals surface area contributed by atoms with Gasteiger partial charge in [-0.2, -0.15) is 4.31 Å². The smallest absolute Gasteiger partial charge is 0.324 e. The number of imidazole rings is 1. The minimum Gasteiger partial charge on any atom is -0.324 e. The summed E-state index contributed by atoms with van der Waals surface area (Å²) in [6.07, 6.45) is 3.79. The number of aryl methyl sites for hydroxylation is 1. The molecule has 164 valence electrons. The number of hydrogen-bond donors (Lipinski definition) is 1. The highest BCUT2D eigenvalue weighted by Gasteiger charge is 2.25. The highest BCUT2D eigenvalue weighted by molar-refractivity contribution is 7.89. The number of rotatable bonds is 5. The summed E-state index contributed by atoms with van der Waals surface area (Å²) in [5.74, 6) is -0.400. The molecule has 3 aromatic rings. The van der Waals surface area contributed by atoms with Gasteiger partial charge >= 0.3 is 5.69 Å². The zero-order valence-corrected chi connectivity index (χ0v) is 18.3. The van der Waals surface area contributed by atoms with E-state index in [1.165, 1.54) is 19.5 Å². The molecule has 31 heavy (non-hydrogen) atoms. The fourth-order valence-corrected chi connectivity index (χ4v) is 5.59. The molecular formula is C22H26N4O4S. The molecule has 1 aliphatic heterocycles. The van der Waals surface area contributed by atoms with Gasteiger partial charge in [-0.25, -0.2) is 13.2 Å². The van der Waals surface area contributed by atoms with E-state index in [1.54, 1.807) is 31.3 Å². The Kier molecular flexibility index (Phi) is 5.97. The topological polar surface area (TPSA) is 93.4 Å². The van der Waals surface area contributed by atoms with Crippen LogP contribution in [0.25, 0.3) is 11.0 Å². The van der Waals surface area contributed by atoms with E-state index >= 15 is 0 Å². The van der Waals surface area contributed by atoms with Crippen molar-refractivity contribution in [3.63, 3.8) is 0 Å². The van der Waals surface area contributed by atoms with Crippen molar-refractivity contribution in [3.05, 3.63) is 59.0 Å². The van der Waals surface area contributed by atoms with Crippen LogP contribution in [0, 0.1) is 0 Å². The third kappa shape index (κ3) is 4.28. The van der Waals surface area contributed by atoms with Gasteiger partial charge in [0.25, 0.3) is 0 Å². The number of anilines is 1. The Morgan fingerprint density at radius 2 is 1.65 bits per heavy atom. The van der Waals surface area contributed by atoms with Crippen molar-refractivity contribution in [1.29, 1.82) is 0 Å². The van der Waals surface area contributed by atoms with E-state index in [9.17, 15) is 18.0 Å². The van der Waals surface area contributed by atoms with Crippen molar-refractivity contribution >= 4 is 32.7 Å². The van der Waals surface area contributed by atoms with Gasteiger partial charge in [-0.05, 0) is 43.2 Å². The summed E-state index contributed by atoms with van der Waals surface area (Å²) in [7, 11) is -1.95. The quantitative estimate of drug-likeness (QED) is 0.657. The van der Waals surface area contributed by atoms with Crippen molar-refractivity contribution in [2.75, 3.05) is 18.4 Å². The average Bonchev–Trinajstić information content (AvgIpc) is 2.96. The van der Waals surface area contributed by atoms with E-state index in [-0.39, 0.29) is 17.1 Å². The molecule has 1 amide bonds. The summed E-state index contributed by atoms with van der Waals surface area (Å²) in [4.78, 5) is 25.3. The molecule has 1 N–H and O–H groups in total. The third-order valence-electron chi connectivity index (χ3n) is 5.67. The highest BCUT2D eigenvalue weighted by Crippen LogP contribution is 2.23. The molecule has 0 atom stereocenters. The summed E-state index contributed by atoms with van der Waals surface area (Å²) >= 11 is 0. The molecule has 0 unspecified atom stereocenters. The Balaban J connectivity index is 1.54. The zero-order chi connectivity index (χ0) is 22.0. The number of benzene rings is 2. The van der Waals surface area contributed by atoms with Crippen LogP contribution in [-0.2, 0) is 28.4 Å². The number of aromatic nitrogens is 2. The monoisotopic (exact) mass is 442 g/mol. The first-order valence-corrected chi connectivity index (χ1v) is 11.9. The highest BCUT2D eigenvalue weighted by atomic mass is 32.2. The Labute approximate surface area is 181 Å². The lowest BCUT2D eigenvalue weighted by molar-refractivity contribution is -0.116. The SMILES string of the molecule is Cn1c(=O)n(CC(=O)Nc2cccc(S(=O)(=O)N3CCCCCC3)c2)c2ccccc21. The first-order chi connectivity index (χ1) is 14.9. The van der Waals surface area contributed by atoms with Crippen LogP contribution in [0.4, 0.5) is 5.69 Å². The van der Waals surface area contributed by atoms with Crippen molar-refractivity contribution < 1.29 is 13.2 Å². The molecule has 0 bridgehead atoms. The van der Waals surface area contributed by atoms with E-state index in [1.807, 2.05) is 18.2 Å². The molecule has 1 aliphatic rings. The van der Waals surface area contributed by atoms with Crippen molar-refractivity contribution in [3.8, 4) is 0 Å². The molecule has 2 aromatic carbocycles. The molecule has 0 radical (unpaired) electrons. The van der Waals surface area contributed by atoms with E-state index in [4.69, 9.17) is 0 Å². The number of para-hydroxylation sites is 2. The summed E-state index contributed by atoms with van der Waals surface area (Å²) in [5.41, 5.74) is 1.51. The Hall–Kier alpha value is -2.91. The number of carbonyl (C=O) groups excluding carboxylic acids is 1. The van der Waals surface area contributed by atoms with Crippen LogP contribution in [0.1, 0.15) is 25.7 Å². The van der Waals surface area contributed by atoms with Gasteiger partial charge in [0.2, 0.25) is 15.9 Å². The van der Waals surface area contributed by atoms with Gasteiger partial charge in [-0.1, -0.05) is 31.0 Å². The molecule has 0 spiro atoms. The predicted molar refractivity (Wildman–Crippen MR) is 119 cm³/mol. The normalized spacial score (nSPS) is 15.6. The molecule has 8 nitrogen and oxygen atoms in total. The summed E-state index contributed by atoms with van der Waals surface area (Å²) < 4.78 is 30.5. The maximum atomic E-state index is 13.0. The van der Waals surface area contributed by atoms with Crippen LogP contribution in [0.5, 0.6) is 0 Å². The fraction of sp³-hybridized carbons (Fsp3) is 0.364. The zero-order valence-electron chi connectivity index (χ0n) is 17.5. The molecule has 4 rings (SSSR count). The second-order valence-electron chi connectivity index (χ2n) is 7.81. The number of carbonyl (C=O) groups is 1. The second-order valence-corrected chi connectivity index (χ2v) is 9.75. The number of hydrogen-bond acceptors (Lipinski definition) is 4. The van der Waals surface area contributed by atoms with Gasteiger partial charge in [-0.3, -0.25) is 13.9 Å². The van der Waals surface area contributed by atoms with Crippen molar-refractivity contribution in [2.24, 2.45) is 7.05 Å². The minimum atomic E-state index is -3.61. The molecule has 1 fully saturated rings. The van der Waals surface area contributed by atoms with E-state index in [0.29, 0.717) is 24.3 Å². The molecule has 1 saturated heterocycles. The van der Waals surface area contributed by atoms with Gasteiger partial charge < -0.3 is 5.32 Å². The number of sulfonamides is 1. The van der Waals surface area contributed by atoms with Crippen LogP contribution >= 0.6 is 0 Å².